The number of ketones is 1. The molecule has 0 N–H and O–H groups in total. The molecule has 37 heavy (non-hydrogen) atoms. The number of likely N-dealkylation sites (tertiary alicyclic amines) is 1. The number of aryl methyl sites for hydroxylation is 1. The van der Waals surface area contributed by atoms with Crippen LogP contribution < -0.4 is 0 Å². The predicted molar refractivity (Wildman–Crippen MR) is 149 cm³/mol. The van der Waals surface area contributed by atoms with Crippen LogP contribution in [0.5, 0.6) is 0 Å². The summed E-state index contributed by atoms with van der Waals surface area (Å²) in [7, 11) is 1.52. The van der Waals surface area contributed by atoms with Gasteiger partial charge in [-0.05, 0) is 80.9 Å². The molecule has 2 aromatic rings. The molecule has 0 amide bonds. The van der Waals surface area contributed by atoms with Crippen molar-refractivity contribution in [2.45, 2.75) is 53.9 Å². The maximum absolute atomic E-state index is 14.1. The number of hydrogen-bond acceptors (Lipinski definition) is 5. The van der Waals surface area contributed by atoms with Crippen LogP contribution >= 0.6 is 0 Å². The minimum absolute atomic E-state index is 0.00864. The SMILES string of the molecule is C=C(/N=C\C(=C/C)CC)N1CCC(C)CC1.CN=Nc1cc(-c2c(F)cc(C(C)=O)cc2F)ccc1C. The first-order valence-corrected chi connectivity index (χ1v) is 12.6. The molecule has 0 bridgehead atoms. The van der Waals surface area contributed by atoms with E-state index in [9.17, 15) is 13.6 Å². The van der Waals surface area contributed by atoms with Gasteiger partial charge >= 0.3 is 0 Å². The van der Waals surface area contributed by atoms with Crippen molar-refractivity contribution in [1.82, 2.24) is 4.90 Å². The molecular weight excluding hydrogens is 470 g/mol. The lowest BCUT2D eigenvalue weighted by atomic mass is 9.99. The number of piperidine rings is 1. The third-order valence-electron chi connectivity index (χ3n) is 6.46. The van der Waals surface area contributed by atoms with Gasteiger partial charge in [0.25, 0.3) is 0 Å². The molecule has 0 atom stereocenters. The fraction of sp³-hybridized carbons (Fsp3) is 0.400. The zero-order valence-electron chi connectivity index (χ0n) is 22.8. The fourth-order valence-electron chi connectivity index (χ4n) is 3.91. The summed E-state index contributed by atoms with van der Waals surface area (Å²) in [6.07, 6.45) is 7.61. The van der Waals surface area contributed by atoms with Crippen molar-refractivity contribution in [3.63, 3.8) is 0 Å². The Bertz CT molecular complexity index is 1170. The second-order valence-electron chi connectivity index (χ2n) is 9.23. The molecule has 0 unspecified atom stereocenters. The first-order valence-electron chi connectivity index (χ1n) is 12.6. The van der Waals surface area contributed by atoms with Crippen LogP contribution in [0.2, 0.25) is 0 Å². The van der Waals surface area contributed by atoms with Gasteiger partial charge in [-0.3, -0.25) is 4.79 Å². The van der Waals surface area contributed by atoms with Crippen molar-refractivity contribution >= 4 is 17.7 Å². The standard InChI is InChI=1S/C16H14F2N2O.C14H24N2/c1-9-4-5-11(8-15(9)20-19-3)16-13(17)6-12(10(2)21)7-14(16)18;1-5-14(6-2)11-15-13(4)16-9-7-12(3)8-10-16/h4-8H,1-3H3;5,11-12H,4,6-10H2,1-3H3/b;14-5-,15-11-. The van der Waals surface area contributed by atoms with Gasteiger partial charge in [-0.2, -0.15) is 10.2 Å². The van der Waals surface area contributed by atoms with Gasteiger partial charge in [0.2, 0.25) is 0 Å². The Morgan fingerprint density at radius 3 is 2.30 bits per heavy atom. The minimum Gasteiger partial charge on any atom is -0.357 e. The van der Waals surface area contributed by atoms with Crippen molar-refractivity contribution in [3.8, 4) is 11.1 Å². The average molecular weight is 509 g/mol. The smallest absolute Gasteiger partial charge is 0.160 e. The number of Topliss-reactive ketones (excluding diaryl/α,β-unsaturated/α-hetero) is 1. The third kappa shape index (κ3) is 8.55. The Labute approximate surface area is 219 Å². The van der Waals surface area contributed by atoms with Gasteiger partial charge in [-0.15, -0.1) is 0 Å². The Hall–Kier alpha value is -3.48. The summed E-state index contributed by atoms with van der Waals surface area (Å²) in [5, 5.41) is 7.60. The quantitative estimate of drug-likeness (QED) is 0.214. The number of benzene rings is 2. The van der Waals surface area contributed by atoms with Gasteiger partial charge < -0.3 is 4.90 Å². The molecule has 2 aromatic carbocycles. The maximum Gasteiger partial charge on any atom is 0.160 e. The lowest BCUT2D eigenvalue weighted by Gasteiger charge is -2.31. The van der Waals surface area contributed by atoms with Gasteiger partial charge in [-0.1, -0.05) is 38.6 Å². The van der Waals surface area contributed by atoms with Crippen molar-refractivity contribution in [1.29, 1.82) is 0 Å². The highest BCUT2D eigenvalue weighted by Gasteiger charge is 2.17. The molecule has 198 valence electrons. The normalized spacial score (nSPS) is 14.7. The summed E-state index contributed by atoms with van der Waals surface area (Å²) in [5.74, 6) is -0.162. The molecule has 0 aromatic heterocycles. The van der Waals surface area contributed by atoms with Crippen LogP contribution in [0.4, 0.5) is 14.5 Å². The largest absolute Gasteiger partial charge is 0.357 e. The molecule has 3 rings (SSSR count). The minimum atomic E-state index is -0.775. The number of carbonyl (C=O) groups excluding carboxylic acids is 1. The highest BCUT2D eigenvalue weighted by Crippen LogP contribution is 2.32. The summed E-state index contributed by atoms with van der Waals surface area (Å²) in [4.78, 5) is 18.0. The van der Waals surface area contributed by atoms with E-state index in [1.165, 1.54) is 32.4 Å². The second-order valence-corrected chi connectivity index (χ2v) is 9.23. The molecule has 0 aliphatic carbocycles. The molecule has 1 heterocycles. The number of azo groups is 1. The van der Waals surface area contributed by atoms with E-state index in [0.29, 0.717) is 11.3 Å². The summed E-state index contributed by atoms with van der Waals surface area (Å²) in [6, 6.07) is 6.98. The Morgan fingerprint density at radius 2 is 1.78 bits per heavy atom. The summed E-state index contributed by atoms with van der Waals surface area (Å²) >= 11 is 0. The number of carbonyl (C=O) groups is 1. The van der Waals surface area contributed by atoms with E-state index < -0.39 is 11.6 Å². The third-order valence-corrected chi connectivity index (χ3v) is 6.46. The first kappa shape index (κ1) is 29.7. The van der Waals surface area contributed by atoms with E-state index in [0.717, 1.165) is 48.9 Å². The first-order chi connectivity index (χ1) is 17.6. The molecule has 1 fully saturated rings. The molecule has 1 aliphatic heterocycles. The second kappa shape index (κ2) is 14.3. The Morgan fingerprint density at radius 1 is 1.16 bits per heavy atom. The van der Waals surface area contributed by atoms with Crippen LogP contribution in [0, 0.1) is 24.5 Å². The van der Waals surface area contributed by atoms with Crippen molar-refractivity contribution in [2.24, 2.45) is 21.1 Å². The van der Waals surface area contributed by atoms with Crippen molar-refractivity contribution in [3.05, 3.63) is 77.1 Å². The zero-order chi connectivity index (χ0) is 27.5. The van der Waals surface area contributed by atoms with Gasteiger partial charge in [0.1, 0.15) is 17.5 Å². The van der Waals surface area contributed by atoms with E-state index in [2.05, 4.69) is 53.5 Å². The zero-order valence-corrected chi connectivity index (χ0v) is 22.8. The monoisotopic (exact) mass is 508 g/mol. The molecule has 1 saturated heterocycles. The lowest BCUT2D eigenvalue weighted by Crippen LogP contribution is -2.31. The number of aliphatic imine (C=N–C) groups is 1. The number of rotatable bonds is 7. The number of nitrogens with zero attached hydrogens (tertiary/aromatic N) is 4. The number of hydrogen-bond donors (Lipinski definition) is 0. The lowest BCUT2D eigenvalue weighted by molar-refractivity contribution is 0.101. The van der Waals surface area contributed by atoms with E-state index in [4.69, 9.17) is 0 Å². The van der Waals surface area contributed by atoms with Crippen molar-refractivity contribution < 1.29 is 13.6 Å². The number of halogens is 2. The average Bonchev–Trinajstić information content (AvgIpc) is 2.87. The van der Waals surface area contributed by atoms with Crippen LogP contribution in [0.3, 0.4) is 0 Å². The summed E-state index contributed by atoms with van der Waals surface area (Å²) in [6.45, 7) is 15.9. The predicted octanol–water partition coefficient (Wildman–Crippen LogP) is 8.47. The highest BCUT2D eigenvalue weighted by atomic mass is 19.1. The Kier molecular flexibility index (Phi) is 11.5. The number of allylic oxidation sites excluding steroid dienone is 2. The van der Waals surface area contributed by atoms with E-state index in [-0.39, 0.29) is 16.9 Å². The summed E-state index contributed by atoms with van der Waals surface area (Å²) < 4.78 is 28.3. The molecule has 0 saturated carbocycles. The van der Waals surface area contributed by atoms with Gasteiger partial charge in [0.15, 0.2) is 5.78 Å². The molecule has 0 spiro atoms. The van der Waals surface area contributed by atoms with Gasteiger partial charge in [0, 0.05) is 31.9 Å². The molecular formula is C30H38F2N4O. The van der Waals surface area contributed by atoms with Crippen LogP contribution in [0.25, 0.3) is 11.1 Å². The van der Waals surface area contributed by atoms with E-state index in [1.807, 2.05) is 13.1 Å². The molecule has 5 nitrogen and oxygen atoms in total. The Balaban J connectivity index is 0.000000271. The molecule has 0 radical (unpaired) electrons. The van der Waals surface area contributed by atoms with E-state index >= 15 is 0 Å². The van der Waals surface area contributed by atoms with Crippen LogP contribution in [0.15, 0.2) is 69.6 Å². The van der Waals surface area contributed by atoms with Crippen LogP contribution in [0.1, 0.15) is 62.9 Å². The summed E-state index contributed by atoms with van der Waals surface area (Å²) in [5.41, 5.74) is 2.86. The van der Waals surface area contributed by atoms with Crippen LogP contribution in [-0.2, 0) is 0 Å². The van der Waals surface area contributed by atoms with Crippen LogP contribution in [-0.4, -0.2) is 37.0 Å². The molecule has 7 heteroatoms. The topological polar surface area (TPSA) is 57.4 Å². The van der Waals surface area contributed by atoms with Gasteiger partial charge in [-0.25, -0.2) is 13.8 Å². The van der Waals surface area contributed by atoms with Crippen molar-refractivity contribution in [2.75, 3.05) is 20.1 Å². The fourth-order valence-corrected chi connectivity index (χ4v) is 3.91. The van der Waals surface area contributed by atoms with E-state index in [1.54, 1.807) is 18.2 Å². The highest BCUT2D eigenvalue weighted by molar-refractivity contribution is 5.94. The maximum atomic E-state index is 14.1. The molecule has 1 aliphatic rings. The van der Waals surface area contributed by atoms with Gasteiger partial charge in [0.05, 0.1) is 11.3 Å².